The molecule has 0 fully saturated rings. The molecule has 1 aliphatic rings. The van der Waals surface area contributed by atoms with Crippen molar-refractivity contribution in [3.63, 3.8) is 0 Å². The zero-order valence-corrected chi connectivity index (χ0v) is 6.56. The number of aliphatic hydroxyl groups excluding tert-OH is 1. The molecule has 0 aliphatic heterocycles. The number of hydrogen-bond donors (Lipinski definition) is 1. The molecular weight excluding hydrogens is 128 g/mol. The minimum Gasteiger partial charge on any atom is -0.504 e. The number of ketones is 1. The first-order valence-electron chi connectivity index (χ1n) is 3.38. The third kappa shape index (κ3) is 0.838. The van der Waals surface area contributed by atoms with E-state index < -0.39 is 0 Å². The van der Waals surface area contributed by atoms with E-state index in [1.807, 2.05) is 13.8 Å². The third-order valence-electron chi connectivity index (χ3n) is 2.24. The molecular formula is C8H12O2. The summed E-state index contributed by atoms with van der Waals surface area (Å²) in [6.45, 7) is 5.73. The van der Waals surface area contributed by atoms with E-state index in [0.717, 1.165) is 5.57 Å². The van der Waals surface area contributed by atoms with Crippen LogP contribution in [-0.2, 0) is 4.79 Å². The van der Waals surface area contributed by atoms with Crippen molar-refractivity contribution in [1.82, 2.24) is 0 Å². The van der Waals surface area contributed by atoms with Crippen LogP contribution in [0.3, 0.4) is 0 Å². The first kappa shape index (κ1) is 7.32. The predicted molar refractivity (Wildman–Crippen MR) is 38.7 cm³/mol. The second-order valence-electron chi connectivity index (χ2n) is 3.46. The molecule has 0 atom stereocenters. The molecule has 0 unspecified atom stereocenters. The number of rotatable bonds is 0. The van der Waals surface area contributed by atoms with Gasteiger partial charge in [-0.25, -0.2) is 0 Å². The summed E-state index contributed by atoms with van der Waals surface area (Å²) in [6.07, 6.45) is 0.449. The van der Waals surface area contributed by atoms with Crippen molar-refractivity contribution >= 4 is 5.78 Å². The van der Waals surface area contributed by atoms with Crippen LogP contribution in [0.4, 0.5) is 0 Å². The van der Waals surface area contributed by atoms with Crippen molar-refractivity contribution in [3.8, 4) is 0 Å². The number of Topliss-reactive ketones (excluding diaryl/α,β-unsaturated/α-hetero) is 1. The Morgan fingerprint density at radius 3 is 2.10 bits per heavy atom. The molecule has 2 heteroatoms. The van der Waals surface area contributed by atoms with Gasteiger partial charge in [0, 0.05) is 6.42 Å². The summed E-state index contributed by atoms with van der Waals surface area (Å²) < 4.78 is 0. The molecule has 0 spiro atoms. The summed E-state index contributed by atoms with van der Waals surface area (Å²) in [5.41, 5.74) is 0.693. The quantitative estimate of drug-likeness (QED) is 0.557. The molecule has 1 rings (SSSR count). The van der Waals surface area contributed by atoms with Gasteiger partial charge in [0.05, 0.1) is 0 Å². The molecule has 0 aromatic heterocycles. The summed E-state index contributed by atoms with van der Waals surface area (Å²) >= 11 is 0. The van der Waals surface area contributed by atoms with Crippen molar-refractivity contribution < 1.29 is 9.90 Å². The zero-order chi connectivity index (χ0) is 7.94. The van der Waals surface area contributed by atoms with Gasteiger partial charge in [0.2, 0.25) is 0 Å². The van der Waals surface area contributed by atoms with Gasteiger partial charge in [-0.15, -0.1) is 0 Å². The van der Waals surface area contributed by atoms with E-state index in [1.165, 1.54) is 0 Å². The van der Waals surface area contributed by atoms with Gasteiger partial charge >= 0.3 is 0 Å². The fourth-order valence-corrected chi connectivity index (χ4v) is 1.15. The molecule has 0 heterocycles. The van der Waals surface area contributed by atoms with Gasteiger partial charge in [-0.2, -0.15) is 0 Å². The van der Waals surface area contributed by atoms with Crippen LogP contribution in [-0.4, -0.2) is 10.9 Å². The first-order chi connectivity index (χ1) is 4.45. The lowest BCUT2D eigenvalue weighted by Crippen LogP contribution is -2.08. The van der Waals surface area contributed by atoms with E-state index in [9.17, 15) is 4.79 Å². The van der Waals surface area contributed by atoms with E-state index >= 15 is 0 Å². The topological polar surface area (TPSA) is 37.3 Å². The maximum atomic E-state index is 10.9. The molecule has 1 N–H and O–H groups in total. The van der Waals surface area contributed by atoms with Gasteiger partial charge in [0.1, 0.15) is 0 Å². The van der Waals surface area contributed by atoms with Crippen molar-refractivity contribution in [2.45, 2.75) is 27.2 Å². The largest absolute Gasteiger partial charge is 0.504 e. The third-order valence-corrected chi connectivity index (χ3v) is 2.24. The van der Waals surface area contributed by atoms with E-state index in [4.69, 9.17) is 5.11 Å². The number of carbonyl (C=O) groups excluding carboxylic acids is 1. The van der Waals surface area contributed by atoms with E-state index in [0.29, 0.717) is 6.42 Å². The Labute approximate surface area is 60.6 Å². The fourth-order valence-electron chi connectivity index (χ4n) is 1.15. The summed E-state index contributed by atoms with van der Waals surface area (Å²) in [6, 6.07) is 0. The maximum Gasteiger partial charge on any atom is 0.197 e. The highest BCUT2D eigenvalue weighted by atomic mass is 16.3. The van der Waals surface area contributed by atoms with Gasteiger partial charge in [0.15, 0.2) is 11.5 Å². The van der Waals surface area contributed by atoms with Gasteiger partial charge in [-0.05, 0) is 17.9 Å². The van der Waals surface area contributed by atoms with Crippen molar-refractivity contribution in [2.75, 3.05) is 0 Å². The Morgan fingerprint density at radius 2 is 2.00 bits per heavy atom. The average Bonchev–Trinajstić information content (AvgIpc) is 1.95. The summed E-state index contributed by atoms with van der Waals surface area (Å²) in [5, 5.41) is 9.13. The van der Waals surface area contributed by atoms with Crippen LogP contribution in [0.25, 0.3) is 0 Å². The zero-order valence-electron chi connectivity index (χ0n) is 6.56. The monoisotopic (exact) mass is 140 g/mol. The second kappa shape index (κ2) is 1.84. The molecule has 56 valence electrons. The Balaban J connectivity index is 3.06. The van der Waals surface area contributed by atoms with Gasteiger partial charge in [-0.3, -0.25) is 4.79 Å². The molecule has 2 nitrogen and oxygen atoms in total. The van der Waals surface area contributed by atoms with Crippen LogP contribution in [0.5, 0.6) is 0 Å². The molecule has 10 heavy (non-hydrogen) atoms. The highest BCUT2D eigenvalue weighted by Gasteiger charge is 2.35. The van der Waals surface area contributed by atoms with Crippen LogP contribution in [0, 0.1) is 5.41 Å². The van der Waals surface area contributed by atoms with E-state index in [1.54, 1.807) is 6.92 Å². The van der Waals surface area contributed by atoms with Crippen LogP contribution in [0.15, 0.2) is 11.3 Å². The number of carbonyl (C=O) groups is 1. The second-order valence-corrected chi connectivity index (χ2v) is 3.46. The van der Waals surface area contributed by atoms with Gasteiger partial charge < -0.3 is 5.11 Å². The van der Waals surface area contributed by atoms with E-state index in [-0.39, 0.29) is 17.0 Å². The standard InChI is InChI=1S/C8H12O2/c1-5-7(10)6(9)4-8(5,2)3/h10H,4H2,1-3H3. The first-order valence-corrected chi connectivity index (χ1v) is 3.38. The minimum atomic E-state index is -0.124. The number of aliphatic hydroxyl groups is 1. The molecule has 0 saturated heterocycles. The lowest BCUT2D eigenvalue weighted by atomic mass is 9.87. The molecule has 0 aromatic rings. The SMILES string of the molecule is CC1=C(O)C(=O)CC1(C)C. The molecule has 0 radical (unpaired) electrons. The molecule has 0 saturated carbocycles. The van der Waals surface area contributed by atoms with Crippen molar-refractivity contribution in [1.29, 1.82) is 0 Å². The van der Waals surface area contributed by atoms with E-state index in [2.05, 4.69) is 0 Å². The highest BCUT2D eigenvalue weighted by Crippen LogP contribution is 2.38. The van der Waals surface area contributed by atoms with Crippen LogP contribution < -0.4 is 0 Å². The van der Waals surface area contributed by atoms with Crippen LogP contribution >= 0.6 is 0 Å². The normalized spacial score (nSPS) is 24.1. The van der Waals surface area contributed by atoms with Crippen LogP contribution in [0.2, 0.25) is 0 Å². The predicted octanol–water partition coefficient (Wildman–Crippen LogP) is 1.82. The Morgan fingerprint density at radius 1 is 1.50 bits per heavy atom. The Bertz CT molecular complexity index is 211. The Hall–Kier alpha value is -0.790. The molecule has 0 bridgehead atoms. The van der Waals surface area contributed by atoms with Crippen molar-refractivity contribution in [2.24, 2.45) is 5.41 Å². The van der Waals surface area contributed by atoms with Gasteiger partial charge in [0.25, 0.3) is 0 Å². The lowest BCUT2D eigenvalue weighted by Gasteiger charge is -2.16. The highest BCUT2D eigenvalue weighted by molar-refractivity contribution is 5.97. The van der Waals surface area contributed by atoms with Gasteiger partial charge in [-0.1, -0.05) is 13.8 Å². The average molecular weight is 140 g/mol. The van der Waals surface area contributed by atoms with Crippen molar-refractivity contribution in [3.05, 3.63) is 11.3 Å². The maximum absolute atomic E-state index is 10.9. The summed E-state index contributed by atoms with van der Waals surface area (Å²) in [7, 11) is 0. The molecule has 0 amide bonds. The molecule has 0 aromatic carbocycles. The number of hydrogen-bond acceptors (Lipinski definition) is 2. The summed E-state index contributed by atoms with van der Waals surface area (Å²) in [5.74, 6) is -0.146. The smallest absolute Gasteiger partial charge is 0.197 e. The molecule has 1 aliphatic carbocycles. The Kier molecular flexibility index (Phi) is 1.35. The lowest BCUT2D eigenvalue weighted by molar-refractivity contribution is -0.117. The summed E-state index contributed by atoms with van der Waals surface area (Å²) in [4.78, 5) is 10.9. The number of allylic oxidation sites excluding steroid dienone is 2. The van der Waals surface area contributed by atoms with Crippen LogP contribution in [0.1, 0.15) is 27.2 Å². The fraction of sp³-hybridized carbons (Fsp3) is 0.625. The minimum absolute atomic E-state index is 0.0231.